The van der Waals surface area contributed by atoms with Crippen molar-refractivity contribution >= 4 is 21.7 Å². The SMILES string of the molecule is COC(=O)c1cc(CNC(=O)[C@@H]2CCS(=O)(=O)C2)ccc1OC. The Kier molecular flexibility index (Phi) is 5.25. The van der Waals surface area contributed by atoms with Gasteiger partial charge in [-0.1, -0.05) is 6.07 Å². The Labute approximate surface area is 134 Å². The van der Waals surface area contributed by atoms with Gasteiger partial charge < -0.3 is 14.8 Å². The molecule has 8 heteroatoms. The van der Waals surface area contributed by atoms with Gasteiger partial charge in [-0.05, 0) is 24.1 Å². The molecular formula is C15H19NO6S. The number of amides is 1. The van der Waals surface area contributed by atoms with Crippen LogP contribution in [0.25, 0.3) is 0 Å². The second kappa shape index (κ2) is 6.99. The van der Waals surface area contributed by atoms with Gasteiger partial charge in [0, 0.05) is 6.54 Å². The van der Waals surface area contributed by atoms with Crippen LogP contribution < -0.4 is 10.1 Å². The highest BCUT2D eigenvalue weighted by Crippen LogP contribution is 2.21. The lowest BCUT2D eigenvalue weighted by Crippen LogP contribution is -2.31. The van der Waals surface area contributed by atoms with Crippen LogP contribution in [-0.4, -0.2) is 46.0 Å². The number of esters is 1. The third-order valence-corrected chi connectivity index (χ3v) is 5.51. The van der Waals surface area contributed by atoms with Crippen molar-refractivity contribution in [2.24, 2.45) is 5.92 Å². The predicted molar refractivity (Wildman–Crippen MR) is 82.9 cm³/mol. The van der Waals surface area contributed by atoms with E-state index in [0.717, 1.165) is 0 Å². The van der Waals surface area contributed by atoms with Crippen molar-refractivity contribution in [1.29, 1.82) is 0 Å². The number of rotatable bonds is 5. The molecule has 1 N–H and O–H groups in total. The Bertz CT molecular complexity index is 713. The maximum atomic E-state index is 12.0. The Balaban J connectivity index is 2.03. The standard InChI is InChI=1S/C15H19NO6S/c1-21-13-4-3-10(7-12(13)15(18)22-2)8-16-14(17)11-5-6-23(19,20)9-11/h3-4,7,11H,5-6,8-9H2,1-2H3,(H,16,17)/t11-/m1/s1. The van der Waals surface area contributed by atoms with E-state index < -0.39 is 21.7 Å². The van der Waals surface area contributed by atoms with Gasteiger partial charge in [0.15, 0.2) is 9.84 Å². The summed E-state index contributed by atoms with van der Waals surface area (Å²) in [5, 5.41) is 2.70. The van der Waals surface area contributed by atoms with Crippen LogP contribution in [0.1, 0.15) is 22.3 Å². The van der Waals surface area contributed by atoms with E-state index in [2.05, 4.69) is 5.32 Å². The molecule has 7 nitrogen and oxygen atoms in total. The fourth-order valence-electron chi connectivity index (χ4n) is 2.47. The van der Waals surface area contributed by atoms with Gasteiger partial charge >= 0.3 is 5.97 Å². The molecule has 1 aliphatic heterocycles. The number of hydrogen-bond acceptors (Lipinski definition) is 6. The van der Waals surface area contributed by atoms with Gasteiger partial charge in [-0.2, -0.15) is 0 Å². The van der Waals surface area contributed by atoms with Crippen molar-refractivity contribution in [3.05, 3.63) is 29.3 Å². The highest BCUT2D eigenvalue weighted by molar-refractivity contribution is 7.91. The lowest BCUT2D eigenvalue weighted by atomic mass is 10.1. The lowest BCUT2D eigenvalue weighted by Gasteiger charge is -2.12. The summed E-state index contributed by atoms with van der Waals surface area (Å²) < 4.78 is 32.6. The third kappa shape index (κ3) is 4.22. The van der Waals surface area contributed by atoms with Crippen molar-refractivity contribution in [1.82, 2.24) is 5.32 Å². The van der Waals surface area contributed by atoms with E-state index in [9.17, 15) is 18.0 Å². The molecule has 0 bridgehead atoms. The molecule has 0 aromatic heterocycles. The average Bonchev–Trinajstić information content (AvgIpc) is 2.91. The van der Waals surface area contributed by atoms with Gasteiger partial charge in [0.05, 0.1) is 31.6 Å². The summed E-state index contributed by atoms with van der Waals surface area (Å²) in [5.41, 5.74) is 0.964. The number of carbonyl (C=O) groups excluding carboxylic acids is 2. The molecule has 0 unspecified atom stereocenters. The molecule has 126 valence electrons. The van der Waals surface area contributed by atoms with Gasteiger partial charge in [0.2, 0.25) is 5.91 Å². The number of nitrogens with one attached hydrogen (secondary N) is 1. The molecule has 1 heterocycles. The Morgan fingerprint density at radius 2 is 2.04 bits per heavy atom. The zero-order valence-corrected chi connectivity index (χ0v) is 13.8. The maximum Gasteiger partial charge on any atom is 0.341 e. The van der Waals surface area contributed by atoms with Crippen LogP contribution >= 0.6 is 0 Å². The number of ether oxygens (including phenoxy) is 2. The normalized spacial score (nSPS) is 19.1. The maximum absolute atomic E-state index is 12.0. The van der Waals surface area contributed by atoms with Gasteiger partial charge in [0.1, 0.15) is 11.3 Å². The molecule has 23 heavy (non-hydrogen) atoms. The van der Waals surface area contributed by atoms with Gasteiger partial charge in [-0.15, -0.1) is 0 Å². The minimum absolute atomic E-state index is 0.0557. The first kappa shape index (κ1) is 17.3. The summed E-state index contributed by atoms with van der Waals surface area (Å²) in [6.45, 7) is 0.198. The van der Waals surface area contributed by atoms with E-state index in [-0.39, 0.29) is 29.5 Å². The van der Waals surface area contributed by atoms with Crippen LogP contribution in [0.5, 0.6) is 5.75 Å². The molecular weight excluding hydrogens is 322 g/mol. The van der Waals surface area contributed by atoms with E-state index in [4.69, 9.17) is 9.47 Å². The van der Waals surface area contributed by atoms with E-state index in [0.29, 0.717) is 17.7 Å². The summed E-state index contributed by atoms with van der Waals surface area (Å²) in [5.74, 6) is -0.986. The molecule has 0 saturated carbocycles. The fraction of sp³-hybridized carbons (Fsp3) is 0.467. The minimum atomic E-state index is -3.09. The fourth-order valence-corrected chi connectivity index (χ4v) is 4.21. The number of sulfone groups is 1. The quantitative estimate of drug-likeness (QED) is 0.785. The molecule has 1 aromatic rings. The van der Waals surface area contributed by atoms with Gasteiger partial charge in [0.25, 0.3) is 0 Å². The molecule has 0 spiro atoms. The van der Waals surface area contributed by atoms with E-state index in [1.165, 1.54) is 14.2 Å². The monoisotopic (exact) mass is 341 g/mol. The van der Waals surface area contributed by atoms with E-state index in [1.807, 2.05) is 0 Å². The average molecular weight is 341 g/mol. The Morgan fingerprint density at radius 1 is 1.30 bits per heavy atom. The van der Waals surface area contributed by atoms with Crippen LogP contribution in [-0.2, 0) is 25.9 Å². The van der Waals surface area contributed by atoms with Crippen LogP contribution in [0.15, 0.2) is 18.2 Å². The van der Waals surface area contributed by atoms with Crippen molar-refractivity contribution in [2.45, 2.75) is 13.0 Å². The van der Waals surface area contributed by atoms with Crippen molar-refractivity contribution < 1.29 is 27.5 Å². The second-order valence-electron chi connectivity index (χ2n) is 5.34. The highest BCUT2D eigenvalue weighted by atomic mass is 32.2. The molecule has 2 rings (SSSR count). The summed E-state index contributed by atoms with van der Waals surface area (Å²) >= 11 is 0. The Morgan fingerprint density at radius 3 is 2.61 bits per heavy atom. The molecule has 1 saturated heterocycles. The molecule has 1 atom stereocenters. The first-order valence-corrected chi connectivity index (χ1v) is 8.92. The number of methoxy groups -OCH3 is 2. The van der Waals surface area contributed by atoms with Crippen molar-refractivity contribution in [2.75, 3.05) is 25.7 Å². The van der Waals surface area contributed by atoms with Crippen molar-refractivity contribution in [3.63, 3.8) is 0 Å². The molecule has 1 aromatic carbocycles. The summed E-state index contributed by atoms with van der Waals surface area (Å²) in [7, 11) is -0.370. The number of carbonyl (C=O) groups is 2. The molecule has 1 amide bonds. The largest absolute Gasteiger partial charge is 0.496 e. The molecule has 1 aliphatic rings. The number of hydrogen-bond donors (Lipinski definition) is 1. The summed E-state index contributed by atoms with van der Waals surface area (Å²) in [6, 6.07) is 4.92. The molecule has 0 aliphatic carbocycles. The summed E-state index contributed by atoms with van der Waals surface area (Å²) in [6.07, 6.45) is 0.351. The van der Waals surface area contributed by atoms with Gasteiger partial charge in [-0.25, -0.2) is 13.2 Å². The lowest BCUT2D eigenvalue weighted by molar-refractivity contribution is -0.124. The first-order valence-electron chi connectivity index (χ1n) is 7.09. The van der Waals surface area contributed by atoms with Crippen molar-refractivity contribution in [3.8, 4) is 5.75 Å². The van der Waals surface area contributed by atoms with Crippen LogP contribution in [0, 0.1) is 5.92 Å². The summed E-state index contributed by atoms with van der Waals surface area (Å²) in [4.78, 5) is 23.7. The zero-order chi connectivity index (χ0) is 17.0. The van der Waals surface area contributed by atoms with E-state index >= 15 is 0 Å². The highest BCUT2D eigenvalue weighted by Gasteiger charge is 2.32. The zero-order valence-electron chi connectivity index (χ0n) is 13.0. The Hall–Kier alpha value is -2.09. The van der Waals surface area contributed by atoms with E-state index in [1.54, 1.807) is 18.2 Å². The minimum Gasteiger partial charge on any atom is -0.496 e. The molecule has 1 fully saturated rings. The van der Waals surface area contributed by atoms with Crippen LogP contribution in [0.3, 0.4) is 0 Å². The smallest absolute Gasteiger partial charge is 0.341 e. The first-order chi connectivity index (χ1) is 10.9. The topological polar surface area (TPSA) is 98.8 Å². The van der Waals surface area contributed by atoms with Crippen LogP contribution in [0.4, 0.5) is 0 Å². The van der Waals surface area contributed by atoms with Crippen LogP contribution in [0.2, 0.25) is 0 Å². The third-order valence-electron chi connectivity index (χ3n) is 3.74. The molecule has 0 radical (unpaired) electrons. The van der Waals surface area contributed by atoms with Gasteiger partial charge in [-0.3, -0.25) is 4.79 Å². The second-order valence-corrected chi connectivity index (χ2v) is 7.57. The number of benzene rings is 1. The predicted octanol–water partition coefficient (Wildman–Crippen LogP) is 0.533.